The number of amides is 1. The lowest BCUT2D eigenvalue weighted by atomic mass is 10.4. The smallest absolute Gasteiger partial charge is 0.323 e. The predicted molar refractivity (Wildman–Crippen MR) is 77.9 cm³/mol. The first-order chi connectivity index (χ1) is 10.1. The van der Waals surface area contributed by atoms with Crippen molar-refractivity contribution in [3.63, 3.8) is 0 Å². The summed E-state index contributed by atoms with van der Waals surface area (Å²) in [5.74, 6) is 5.94. The molecule has 0 bridgehead atoms. The van der Waals surface area contributed by atoms with Crippen LogP contribution in [0.4, 0.5) is 11.9 Å². The minimum atomic E-state index is 0.0654. The van der Waals surface area contributed by atoms with Gasteiger partial charge in [-0.2, -0.15) is 15.0 Å². The molecular weight excluding hydrogens is 274 g/mol. The SMILES string of the molecule is CCOc1nc(NN)nc(N(C)CC(=O)N2CCCC2)n1. The van der Waals surface area contributed by atoms with Crippen molar-refractivity contribution in [2.45, 2.75) is 19.8 Å². The van der Waals surface area contributed by atoms with Gasteiger partial charge in [-0.3, -0.25) is 10.2 Å². The van der Waals surface area contributed by atoms with E-state index in [0.29, 0.717) is 12.6 Å². The Morgan fingerprint density at radius 2 is 2.10 bits per heavy atom. The molecule has 0 saturated carbocycles. The van der Waals surface area contributed by atoms with E-state index in [-0.39, 0.29) is 24.4 Å². The Kier molecular flexibility index (Phi) is 5.09. The van der Waals surface area contributed by atoms with Gasteiger partial charge in [0.15, 0.2) is 0 Å². The topological polar surface area (TPSA) is 110 Å². The quantitative estimate of drug-likeness (QED) is 0.539. The number of hydrogen-bond acceptors (Lipinski definition) is 8. The molecule has 9 nitrogen and oxygen atoms in total. The number of aromatic nitrogens is 3. The molecule has 3 N–H and O–H groups in total. The van der Waals surface area contributed by atoms with Gasteiger partial charge >= 0.3 is 6.01 Å². The number of rotatable bonds is 6. The molecule has 116 valence electrons. The number of likely N-dealkylation sites (N-methyl/N-ethyl adjacent to an activating group) is 1. The summed E-state index contributed by atoms with van der Waals surface area (Å²) < 4.78 is 5.26. The molecule has 0 atom stereocenters. The zero-order valence-electron chi connectivity index (χ0n) is 12.4. The molecule has 0 spiro atoms. The van der Waals surface area contributed by atoms with E-state index in [4.69, 9.17) is 10.6 Å². The van der Waals surface area contributed by atoms with Crippen LogP contribution in [0.15, 0.2) is 0 Å². The number of hydrogen-bond donors (Lipinski definition) is 2. The number of anilines is 2. The Bertz CT molecular complexity index is 490. The largest absolute Gasteiger partial charge is 0.464 e. The zero-order valence-corrected chi connectivity index (χ0v) is 12.4. The van der Waals surface area contributed by atoms with E-state index in [1.807, 2.05) is 11.8 Å². The Morgan fingerprint density at radius 3 is 2.71 bits per heavy atom. The fourth-order valence-corrected chi connectivity index (χ4v) is 2.11. The van der Waals surface area contributed by atoms with E-state index in [1.54, 1.807) is 11.9 Å². The molecule has 1 aromatic rings. The van der Waals surface area contributed by atoms with Gasteiger partial charge < -0.3 is 14.5 Å². The number of nitrogen functional groups attached to an aromatic ring is 1. The summed E-state index contributed by atoms with van der Waals surface area (Å²) in [5, 5.41) is 0. The Hall–Kier alpha value is -2.16. The average molecular weight is 295 g/mol. The predicted octanol–water partition coefficient (Wildman–Crippen LogP) is -0.385. The van der Waals surface area contributed by atoms with Crippen LogP contribution in [0, 0.1) is 0 Å². The van der Waals surface area contributed by atoms with Crippen LogP contribution in [0.5, 0.6) is 6.01 Å². The molecule has 0 aliphatic carbocycles. The highest BCUT2D eigenvalue weighted by atomic mass is 16.5. The fourth-order valence-electron chi connectivity index (χ4n) is 2.11. The molecule has 1 fully saturated rings. The van der Waals surface area contributed by atoms with E-state index in [2.05, 4.69) is 20.4 Å². The van der Waals surface area contributed by atoms with E-state index >= 15 is 0 Å². The number of carbonyl (C=O) groups excluding carboxylic acids is 1. The van der Waals surface area contributed by atoms with E-state index in [9.17, 15) is 4.79 Å². The lowest BCUT2D eigenvalue weighted by molar-refractivity contribution is -0.128. The molecule has 9 heteroatoms. The molecule has 21 heavy (non-hydrogen) atoms. The fraction of sp³-hybridized carbons (Fsp3) is 0.667. The van der Waals surface area contributed by atoms with Crippen LogP contribution in [0.25, 0.3) is 0 Å². The number of nitrogens with two attached hydrogens (primary N) is 1. The van der Waals surface area contributed by atoms with E-state index in [1.165, 1.54) is 0 Å². The number of hydrazine groups is 1. The van der Waals surface area contributed by atoms with Crippen molar-refractivity contribution >= 4 is 17.8 Å². The van der Waals surface area contributed by atoms with Gasteiger partial charge in [-0.05, 0) is 19.8 Å². The first kappa shape index (κ1) is 15.2. The summed E-state index contributed by atoms with van der Waals surface area (Å²) in [7, 11) is 1.75. The maximum absolute atomic E-state index is 12.1. The molecule has 0 unspecified atom stereocenters. The van der Waals surface area contributed by atoms with Crippen molar-refractivity contribution in [1.82, 2.24) is 19.9 Å². The molecule has 0 aromatic carbocycles. The Balaban J connectivity index is 2.08. The third-order valence-electron chi connectivity index (χ3n) is 3.18. The van der Waals surface area contributed by atoms with Crippen molar-refractivity contribution < 1.29 is 9.53 Å². The van der Waals surface area contributed by atoms with E-state index in [0.717, 1.165) is 25.9 Å². The van der Waals surface area contributed by atoms with Gasteiger partial charge in [-0.25, -0.2) is 5.84 Å². The van der Waals surface area contributed by atoms with Crippen LogP contribution in [-0.2, 0) is 4.79 Å². The van der Waals surface area contributed by atoms with Crippen LogP contribution >= 0.6 is 0 Å². The number of carbonyl (C=O) groups is 1. The standard InChI is InChI=1S/C12H21N7O2/c1-3-21-12-15-10(17-13)14-11(16-12)18(2)8-9(20)19-6-4-5-7-19/h3-8,13H2,1-2H3,(H,14,15,16,17). The second-order valence-corrected chi connectivity index (χ2v) is 4.76. The van der Waals surface area contributed by atoms with Gasteiger partial charge in [0.25, 0.3) is 0 Å². The van der Waals surface area contributed by atoms with Crippen LogP contribution in [0.3, 0.4) is 0 Å². The molecule has 1 amide bonds. The van der Waals surface area contributed by atoms with Crippen LogP contribution in [-0.4, -0.2) is 59.0 Å². The third-order valence-corrected chi connectivity index (χ3v) is 3.18. The highest BCUT2D eigenvalue weighted by Crippen LogP contribution is 2.14. The second-order valence-electron chi connectivity index (χ2n) is 4.76. The second kappa shape index (κ2) is 7.02. The Morgan fingerprint density at radius 1 is 1.38 bits per heavy atom. The number of nitrogens with zero attached hydrogens (tertiary/aromatic N) is 5. The van der Waals surface area contributed by atoms with Gasteiger partial charge in [0.05, 0.1) is 13.2 Å². The van der Waals surface area contributed by atoms with Gasteiger partial charge in [-0.15, -0.1) is 0 Å². The highest BCUT2D eigenvalue weighted by molar-refractivity contribution is 5.81. The molecule has 2 heterocycles. The molecule has 1 aromatic heterocycles. The number of ether oxygens (including phenoxy) is 1. The molecular formula is C12H21N7O2. The molecule has 1 aliphatic rings. The van der Waals surface area contributed by atoms with Crippen molar-refractivity contribution in [3.05, 3.63) is 0 Å². The first-order valence-corrected chi connectivity index (χ1v) is 6.98. The lowest BCUT2D eigenvalue weighted by Gasteiger charge is -2.21. The van der Waals surface area contributed by atoms with Crippen molar-refractivity contribution in [2.24, 2.45) is 5.84 Å². The van der Waals surface area contributed by atoms with E-state index < -0.39 is 0 Å². The third kappa shape index (κ3) is 3.91. The summed E-state index contributed by atoms with van der Waals surface area (Å²) >= 11 is 0. The highest BCUT2D eigenvalue weighted by Gasteiger charge is 2.20. The van der Waals surface area contributed by atoms with Crippen molar-refractivity contribution in [3.8, 4) is 6.01 Å². The van der Waals surface area contributed by atoms with Crippen LogP contribution in [0.2, 0.25) is 0 Å². The van der Waals surface area contributed by atoms with Gasteiger partial charge in [0.1, 0.15) is 0 Å². The average Bonchev–Trinajstić information content (AvgIpc) is 3.01. The maximum Gasteiger partial charge on any atom is 0.323 e. The van der Waals surface area contributed by atoms with Gasteiger partial charge in [0.2, 0.25) is 17.8 Å². The number of likely N-dealkylation sites (tertiary alicyclic amines) is 1. The Labute approximate surface area is 123 Å². The van der Waals surface area contributed by atoms with Crippen molar-refractivity contribution in [2.75, 3.05) is 43.6 Å². The first-order valence-electron chi connectivity index (χ1n) is 6.98. The minimum Gasteiger partial charge on any atom is -0.464 e. The minimum absolute atomic E-state index is 0.0654. The monoisotopic (exact) mass is 295 g/mol. The summed E-state index contributed by atoms with van der Waals surface area (Å²) in [6, 6.07) is 0.177. The summed E-state index contributed by atoms with van der Waals surface area (Å²) in [4.78, 5) is 27.9. The normalized spacial score (nSPS) is 14.1. The lowest BCUT2D eigenvalue weighted by Crippen LogP contribution is -2.38. The molecule has 1 aliphatic heterocycles. The van der Waals surface area contributed by atoms with Crippen LogP contribution < -0.4 is 20.9 Å². The van der Waals surface area contributed by atoms with Crippen LogP contribution in [0.1, 0.15) is 19.8 Å². The van der Waals surface area contributed by atoms with Crippen molar-refractivity contribution in [1.29, 1.82) is 0 Å². The number of nitrogens with one attached hydrogen (secondary N) is 1. The summed E-state index contributed by atoms with van der Waals surface area (Å²) in [5.41, 5.74) is 2.37. The molecule has 0 radical (unpaired) electrons. The molecule has 1 saturated heterocycles. The van der Waals surface area contributed by atoms with Gasteiger partial charge in [0, 0.05) is 20.1 Å². The summed E-state index contributed by atoms with van der Waals surface area (Å²) in [6.45, 7) is 4.12. The molecule has 2 rings (SSSR count). The van der Waals surface area contributed by atoms with Gasteiger partial charge in [-0.1, -0.05) is 0 Å². The summed E-state index contributed by atoms with van der Waals surface area (Å²) in [6.07, 6.45) is 2.13. The zero-order chi connectivity index (χ0) is 15.2. The maximum atomic E-state index is 12.1.